The first-order chi connectivity index (χ1) is 17.3. The van der Waals surface area contributed by atoms with Crippen molar-refractivity contribution >= 4 is 5.97 Å². The molecule has 0 aromatic heterocycles. The summed E-state index contributed by atoms with van der Waals surface area (Å²) in [5, 5.41) is 12.4. The highest BCUT2D eigenvalue weighted by atomic mass is 16.5. The van der Waals surface area contributed by atoms with Crippen LogP contribution in [0, 0.1) is 34.5 Å². The van der Waals surface area contributed by atoms with E-state index in [0.717, 1.165) is 64.5 Å². The Morgan fingerprint density at radius 2 is 1.92 bits per heavy atom. The number of esters is 1. The summed E-state index contributed by atoms with van der Waals surface area (Å²) in [6.45, 7) is 8.94. The van der Waals surface area contributed by atoms with E-state index in [4.69, 9.17) is 14.2 Å². The van der Waals surface area contributed by atoms with Gasteiger partial charge in [-0.1, -0.05) is 19.9 Å². The Labute approximate surface area is 216 Å². The molecule has 0 aromatic rings. The van der Waals surface area contributed by atoms with Crippen LogP contribution in [0.4, 0.5) is 0 Å². The Kier molecular flexibility index (Phi) is 6.53. The minimum atomic E-state index is -0.595. The Morgan fingerprint density at radius 1 is 1.08 bits per heavy atom. The van der Waals surface area contributed by atoms with E-state index in [-0.39, 0.29) is 22.9 Å². The zero-order valence-electron chi connectivity index (χ0n) is 22.3. The van der Waals surface area contributed by atoms with Crippen LogP contribution in [0.25, 0.3) is 0 Å². The van der Waals surface area contributed by atoms with Gasteiger partial charge in [-0.05, 0) is 98.5 Å². The van der Waals surface area contributed by atoms with E-state index in [1.165, 1.54) is 12.0 Å². The second kappa shape index (κ2) is 9.43. The number of allylic oxidation sites excluding steroid dienone is 2. The second-order valence-electron chi connectivity index (χ2n) is 13.1. The summed E-state index contributed by atoms with van der Waals surface area (Å²) in [6.07, 6.45) is 15.9. The van der Waals surface area contributed by atoms with Crippen LogP contribution in [0.3, 0.4) is 0 Å². The first-order valence-corrected chi connectivity index (χ1v) is 14.5. The zero-order valence-corrected chi connectivity index (χ0v) is 22.3. The van der Waals surface area contributed by atoms with Gasteiger partial charge >= 0.3 is 5.97 Å². The lowest BCUT2D eigenvalue weighted by Gasteiger charge is -2.63. The van der Waals surface area contributed by atoms with E-state index in [1.807, 2.05) is 6.26 Å². The molecular formula is C30H45NO5. The van der Waals surface area contributed by atoms with E-state index in [9.17, 15) is 9.90 Å². The number of ether oxygens (including phenoxy) is 3. The average Bonchev–Trinajstić information content (AvgIpc) is 3.16. The fraction of sp³-hybridized carbons (Fsp3) is 0.833. The quantitative estimate of drug-likeness (QED) is 0.576. The molecule has 2 heterocycles. The zero-order chi connectivity index (χ0) is 25.0. The molecule has 0 amide bonds. The molecule has 0 aromatic carbocycles. The Balaban J connectivity index is 1.13. The summed E-state index contributed by atoms with van der Waals surface area (Å²) >= 11 is 0. The summed E-state index contributed by atoms with van der Waals surface area (Å²) in [5.41, 5.74) is 0.832. The van der Waals surface area contributed by atoms with Gasteiger partial charge < -0.3 is 19.3 Å². The number of aliphatic hydroxyl groups is 1. The van der Waals surface area contributed by atoms with Crippen LogP contribution in [-0.4, -0.2) is 67.1 Å². The van der Waals surface area contributed by atoms with Gasteiger partial charge in [-0.25, -0.2) is 0 Å². The third kappa shape index (κ3) is 3.97. The average molecular weight is 500 g/mol. The largest absolute Gasteiger partial charge is 0.497 e. The molecule has 6 aliphatic rings. The van der Waals surface area contributed by atoms with Crippen LogP contribution in [0.15, 0.2) is 24.0 Å². The molecule has 200 valence electrons. The predicted molar refractivity (Wildman–Crippen MR) is 137 cm³/mol. The monoisotopic (exact) mass is 499 g/mol. The topological polar surface area (TPSA) is 68.2 Å². The molecule has 0 unspecified atom stereocenters. The molecule has 8 atom stereocenters. The van der Waals surface area contributed by atoms with E-state index in [1.54, 1.807) is 0 Å². The maximum atomic E-state index is 12.7. The van der Waals surface area contributed by atoms with Crippen LogP contribution >= 0.6 is 0 Å². The van der Waals surface area contributed by atoms with E-state index in [2.05, 4.69) is 30.9 Å². The lowest BCUT2D eigenvalue weighted by Crippen LogP contribution is -2.62. The van der Waals surface area contributed by atoms with Gasteiger partial charge in [0.15, 0.2) is 0 Å². The van der Waals surface area contributed by atoms with Gasteiger partial charge in [0.05, 0.1) is 31.6 Å². The highest BCUT2D eigenvalue weighted by Gasteiger charge is 2.67. The van der Waals surface area contributed by atoms with Crippen molar-refractivity contribution in [2.45, 2.75) is 83.3 Å². The van der Waals surface area contributed by atoms with E-state index < -0.39 is 5.60 Å². The SMILES string of the molecule is C[C@]12CC[C@H](OC(=O)CN3CCOCC3)C[C@H]1CC[C@@H]1[C@@H]2CC[C@]2(C)[C@@H](C3=COCC=C3)CC[C@]12O. The molecule has 4 saturated carbocycles. The molecule has 6 nitrogen and oxygen atoms in total. The summed E-state index contributed by atoms with van der Waals surface area (Å²) in [4.78, 5) is 14.8. The molecule has 5 fully saturated rings. The summed E-state index contributed by atoms with van der Waals surface area (Å²) in [6, 6.07) is 0. The van der Waals surface area contributed by atoms with Crippen molar-refractivity contribution in [3.8, 4) is 0 Å². The first kappa shape index (κ1) is 24.9. The Hall–Kier alpha value is -1.37. The number of morpholine rings is 1. The van der Waals surface area contributed by atoms with Gasteiger partial charge in [-0.15, -0.1) is 0 Å². The number of rotatable bonds is 4. The van der Waals surface area contributed by atoms with Crippen LogP contribution in [0.2, 0.25) is 0 Å². The second-order valence-corrected chi connectivity index (χ2v) is 13.1. The lowest BCUT2D eigenvalue weighted by atomic mass is 9.43. The van der Waals surface area contributed by atoms with E-state index in [0.29, 0.717) is 50.0 Å². The molecule has 1 N–H and O–H groups in total. The number of carbonyl (C=O) groups is 1. The molecule has 0 radical (unpaired) electrons. The Morgan fingerprint density at radius 3 is 2.69 bits per heavy atom. The van der Waals surface area contributed by atoms with Crippen LogP contribution < -0.4 is 0 Å². The van der Waals surface area contributed by atoms with Crippen molar-refractivity contribution in [2.24, 2.45) is 34.5 Å². The minimum absolute atomic E-state index is 0.0472. The van der Waals surface area contributed by atoms with Crippen LogP contribution in [-0.2, 0) is 19.0 Å². The van der Waals surface area contributed by atoms with Gasteiger partial charge in [0.25, 0.3) is 0 Å². The van der Waals surface area contributed by atoms with Crippen molar-refractivity contribution in [2.75, 3.05) is 39.5 Å². The van der Waals surface area contributed by atoms with Crippen LogP contribution in [0.1, 0.15) is 71.6 Å². The molecule has 1 saturated heterocycles. The number of hydrogen-bond donors (Lipinski definition) is 1. The highest BCUT2D eigenvalue weighted by Crippen LogP contribution is 2.70. The Bertz CT molecular complexity index is 911. The van der Waals surface area contributed by atoms with Crippen molar-refractivity contribution in [3.05, 3.63) is 24.0 Å². The fourth-order valence-corrected chi connectivity index (χ4v) is 9.61. The number of hydrogen-bond acceptors (Lipinski definition) is 6. The molecule has 6 rings (SSSR count). The molecular weight excluding hydrogens is 454 g/mol. The lowest BCUT2D eigenvalue weighted by molar-refractivity contribution is -0.210. The number of nitrogens with zero attached hydrogens (tertiary/aromatic N) is 1. The van der Waals surface area contributed by atoms with Gasteiger partial charge in [0.1, 0.15) is 12.7 Å². The molecule has 36 heavy (non-hydrogen) atoms. The molecule has 2 aliphatic heterocycles. The fourth-order valence-electron chi connectivity index (χ4n) is 9.61. The molecule has 0 spiro atoms. The van der Waals surface area contributed by atoms with Crippen molar-refractivity contribution < 1.29 is 24.1 Å². The smallest absolute Gasteiger partial charge is 0.320 e. The van der Waals surface area contributed by atoms with Crippen molar-refractivity contribution in [3.63, 3.8) is 0 Å². The molecule has 6 heteroatoms. The molecule has 4 aliphatic carbocycles. The maximum absolute atomic E-state index is 12.7. The number of fused-ring (bicyclic) bond motifs is 5. The summed E-state index contributed by atoms with van der Waals surface area (Å²) < 4.78 is 17.1. The number of carbonyl (C=O) groups excluding carboxylic acids is 1. The van der Waals surface area contributed by atoms with Gasteiger partial charge in [0, 0.05) is 18.5 Å². The van der Waals surface area contributed by atoms with Gasteiger partial charge in [0.2, 0.25) is 0 Å². The summed E-state index contributed by atoms with van der Waals surface area (Å²) in [5.74, 6) is 1.82. The summed E-state index contributed by atoms with van der Waals surface area (Å²) in [7, 11) is 0. The molecule has 0 bridgehead atoms. The maximum Gasteiger partial charge on any atom is 0.320 e. The third-order valence-corrected chi connectivity index (χ3v) is 11.7. The standard InChI is InChI=1S/C30H45NO5/c1-28-10-7-23(36-27(32)19-31-13-16-34-17-14-31)18-22(28)5-6-26-25(28)8-11-29(2)24(9-12-30(26,29)33)21-4-3-15-35-20-21/h3-4,20,22-26,33H,5-19H2,1-2H3/t22-,23+,24-,25+,26-,28+,29-,30+/m1/s1. The highest BCUT2D eigenvalue weighted by molar-refractivity contribution is 5.71. The normalized spacial score (nSPS) is 46.6. The van der Waals surface area contributed by atoms with Gasteiger partial charge in [-0.2, -0.15) is 0 Å². The van der Waals surface area contributed by atoms with Crippen LogP contribution in [0.5, 0.6) is 0 Å². The third-order valence-electron chi connectivity index (χ3n) is 11.7. The first-order valence-electron chi connectivity index (χ1n) is 14.5. The minimum Gasteiger partial charge on any atom is -0.497 e. The van der Waals surface area contributed by atoms with Crippen molar-refractivity contribution in [1.82, 2.24) is 4.90 Å². The van der Waals surface area contributed by atoms with Crippen molar-refractivity contribution in [1.29, 1.82) is 0 Å². The van der Waals surface area contributed by atoms with E-state index >= 15 is 0 Å². The predicted octanol–water partition coefficient (Wildman–Crippen LogP) is 4.47. The van der Waals surface area contributed by atoms with Gasteiger partial charge in [-0.3, -0.25) is 9.69 Å².